The Morgan fingerprint density at radius 1 is 1.67 bits per heavy atom. The minimum atomic E-state index is 1.07. The van der Waals surface area contributed by atoms with Crippen LogP contribution in [-0.2, 0) is 6.54 Å². The van der Waals surface area contributed by atoms with E-state index in [2.05, 4.69) is 36.2 Å². The Kier molecular flexibility index (Phi) is 2.22. The van der Waals surface area contributed by atoms with Gasteiger partial charge in [0.05, 0.1) is 0 Å². The Bertz CT molecular complexity index is 162. The van der Waals surface area contributed by atoms with E-state index in [9.17, 15) is 0 Å². The van der Waals surface area contributed by atoms with Crippen LogP contribution in [0.1, 0.15) is 6.92 Å². The summed E-state index contributed by atoms with van der Waals surface area (Å²) in [7, 11) is 0. The standard InChI is InChI=1S/C7H11NS/c1-3-8-5-4-7(6-8)9-2/h4-6H,3H2,1-2H3. The highest BCUT2D eigenvalue weighted by Crippen LogP contribution is 2.13. The molecule has 1 nitrogen and oxygen atoms in total. The van der Waals surface area contributed by atoms with E-state index in [4.69, 9.17) is 0 Å². The molecule has 0 unspecified atom stereocenters. The summed E-state index contributed by atoms with van der Waals surface area (Å²) in [5.41, 5.74) is 0. The maximum absolute atomic E-state index is 2.17. The van der Waals surface area contributed by atoms with Gasteiger partial charge in [-0.25, -0.2) is 0 Å². The van der Waals surface area contributed by atoms with Crippen LogP contribution in [0.2, 0.25) is 0 Å². The van der Waals surface area contributed by atoms with Gasteiger partial charge in [-0.2, -0.15) is 0 Å². The van der Waals surface area contributed by atoms with Crippen molar-refractivity contribution in [2.75, 3.05) is 6.26 Å². The number of hydrogen-bond donors (Lipinski definition) is 0. The van der Waals surface area contributed by atoms with Crippen LogP contribution in [0.4, 0.5) is 0 Å². The van der Waals surface area contributed by atoms with Gasteiger partial charge in [0.25, 0.3) is 0 Å². The van der Waals surface area contributed by atoms with Crippen LogP contribution < -0.4 is 0 Å². The zero-order chi connectivity index (χ0) is 6.69. The summed E-state index contributed by atoms with van der Waals surface area (Å²) < 4.78 is 2.17. The van der Waals surface area contributed by atoms with E-state index in [1.54, 1.807) is 11.8 Å². The quantitative estimate of drug-likeness (QED) is 0.572. The second kappa shape index (κ2) is 2.97. The fraction of sp³-hybridized carbons (Fsp3) is 0.429. The molecule has 0 aliphatic rings. The van der Waals surface area contributed by atoms with Crippen LogP contribution in [0.3, 0.4) is 0 Å². The largest absolute Gasteiger partial charge is 0.353 e. The third kappa shape index (κ3) is 1.52. The van der Waals surface area contributed by atoms with Gasteiger partial charge in [-0.3, -0.25) is 0 Å². The molecule has 1 aromatic rings. The summed E-state index contributed by atoms with van der Waals surface area (Å²) in [5.74, 6) is 0. The Balaban J connectivity index is 2.74. The second-order valence-corrected chi connectivity index (χ2v) is 2.76. The van der Waals surface area contributed by atoms with Gasteiger partial charge in [-0.1, -0.05) is 0 Å². The number of aryl methyl sites for hydroxylation is 1. The normalized spacial score (nSPS) is 10.0. The molecule has 0 N–H and O–H groups in total. The molecule has 1 heterocycles. The average molecular weight is 141 g/mol. The van der Waals surface area contributed by atoms with E-state index in [0.717, 1.165) is 6.54 Å². The molecule has 0 atom stereocenters. The number of rotatable bonds is 2. The number of thioether (sulfide) groups is 1. The molecule has 0 saturated carbocycles. The lowest BCUT2D eigenvalue weighted by Gasteiger charge is -1.91. The summed E-state index contributed by atoms with van der Waals surface area (Å²) in [6.45, 7) is 3.21. The van der Waals surface area contributed by atoms with Gasteiger partial charge in [-0.05, 0) is 19.2 Å². The molecule has 9 heavy (non-hydrogen) atoms. The molecule has 0 fully saturated rings. The summed E-state index contributed by atoms with van der Waals surface area (Å²) >= 11 is 1.78. The lowest BCUT2D eigenvalue weighted by atomic mass is 10.7. The first kappa shape index (κ1) is 6.75. The zero-order valence-corrected chi connectivity index (χ0v) is 6.61. The molecule has 1 rings (SSSR count). The SMILES string of the molecule is CCn1ccc(SC)c1. The molecule has 1 aromatic heterocycles. The Hall–Kier alpha value is -0.370. The monoisotopic (exact) mass is 141 g/mol. The maximum Gasteiger partial charge on any atom is 0.0246 e. The average Bonchev–Trinajstić information content (AvgIpc) is 2.34. The minimum absolute atomic E-state index is 1.07. The first-order valence-electron chi connectivity index (χ1n) is 3.06. The van der Waals surface area contributed by atoms with E-state index in [1.807, 2.05) is 0 Å². The fourth-order valence-electron chi connectivity index (χ4n) is 0.736. The lowest BCUT2D eigenvalue weighted by molar-refractivity contribution is 0.765. The number of hydrogen-bond acceptors (Lipinski definition) is 1. The topological polar surface area (TPSA) is 4.93 Å². The van der Waals surface area contributed by atoms with Gasteiger partial charge in [0.15, 0.2) is 0 Å². The van der Waals surface area contributed by atoms with E-state index >= 15 is 0 Å². The van der Waals surface area contributed by atoms with Gasteiger partial charge in [0.2, 0.25) is 0 Å². The van der Waals surface area contributed by atoms with E-state index in [-0.39, 0.29) is 0 Å². The molecule has 0 amide bonds. The molecule has 2 heteroatoms. The van der Waals surface area contributed by atoms with Crippen molar-refractivity contribution < 1.29 is 0 Å². The second-order valence-electron chi connectivity index (χ2n) is 1.88. The smallest absolute Gasteiger partial charge is 0.0246 e. The Labute approximate surface area is 60.1 Å². The maximum atomic E-state index is 2.17. The van der Waals surface area contributed by atoms with E-state index in [1.165, 1.54) is 4.90 Å². The van der Waals surface area contributed by atoms with Gasteiger partial charge < -0.3 is 4.57 Å². The van der Waals surface area contributed by atoms with Crippen molar-refractivity contribution in [1.82, 2.24) is 4.57 Å². The van der Waals surface area contributed by atoms with Crippen molar-refractivity contribution in [2.24, 2.45) is 0 Å². The van der Waals surface area contributed by atoms with E-state index < -0.39 is 0 Å². The van der Waals surface area contributed by atoms with Gasteiger partial charge in [0.1, 0.15) is 0 Å². The fourth-order valence-corrected chi connectivity index (χ4v) is 1.17. The summed E-state index contributed by atoms with van der Waals surface area (Å²) in [6.07, 6.45) is 6.35. The van der Waals surface area contributed by atoms with Crippen molar-refractivity contribution in [3.05, 3.63) is 18.5 Å². The molecule has 0 aliphatic heterocycles. The van der Waals surface area contributed by atoms with E-state index in [0.29, 0.717) is 0 Å². The Morgan fingerprint density at radius 3 is 2.78 bits per heavy atom. The van der Waals surface area contributed by atoms with Gasteiger partial charge >= 0.3 is 0 Å². The number of aromatic nitrogens is 1. The molecule has 0 bridgehead atoms. The third-order valence-electron chi connectivity index (χ3n) is 1.32. The first-order valence-corrected chi connectivity index (χ1v) is 4.29. The predicted molar refractivity (Wildman–Crippen MR) is 41.9 cm³/mol. The molecule has 50 valence electrons. The van der Waals surface area contributed by atoms with Crippen LogP contribution >= 0.6 is 11.8 Å². The van der Waals surface area contributed by atoms with Gasteiger partial charge in [-0.15, -0.1) is 11.8 Å². The van der Waals surface area contributed by atoms with Gasteiger partial charge in [0, 0.05) is 23.8 Å². The molecule has 0 spiro atoms. The first-order chi connectivity index (χ1) is 4.36. The molecule has 0 aliphatic carbocycles. The predicted octanol–water partition coefficient (Wildman–Crippen LogP) is 2.23. The zero-order valence-electron chi connectivity index (χ0n) is 5.79. The molecule has 0 saturated heterocycles. The van der Waals surface area contributed by atoms with Crippen LogP contribution in [0.25, 0.3) is 0 Å². The number of nitrogens with zero attached hydrogens (tertiary/aromatic N) is 1. The van der Waals surface area contributed by atoms with Crippen molar-refractivity contribution >= 4 is 11.8 Å². The highest BCUT2D eigenvalue weighted by atomic mass is 32.2. The third-order valence-corrected chi connectivity index (χ3v) is 2.04. The van der Waals surface area contributed by atoms with Crippen molar-refractivity contribution in [3.8, 4) is 0 Å². The summed E-state index contributed by atoms with van der Waals surface area (Å²) in [4.78, 5) is 1.34. The van der Waals surface area contributed by atoms with Crippen LogP contribution in [0.15, 0.2) is 23.4 Å². The van der Waals surface area contributed by atoms with Crippen LogP contribution in [0.5, 0.6) is 0 Å². The van der Waals surface area contributed by atoms with Crippen LogP contribution in [-0.4, -0.2) is 10.8 Å². The summed E-state index contributed by atoms with van der Waals surface area (Å²) in [6, 6.07) is 2.13. The van der Waals surface area contributed by atoms with Crippen molar-refractivity contribution in [2.45, 2.75) is 18.4 Å². The Morgan fingerprint density at radius 2 is 2.44 bits per heavy atom. The lowest BCUT2D eigenvalue weighted by Crippen LogP contribution is -1.85. The van der Waals surface area contributed by atoms with Crippen LogP contribution in [0, 0.1) is 0 Å². The molecular formula is C7H11NS. The molecular weight excluding hydrogens is 130 g/mol. The molecule has 0 radical (unpaired) electrons. The van der Waals surface area contributed by atoms with Crippen molar-refractivity contribution in [3.63, 3.8) is 0 Å². The molecule has 0 aromatic carbocycles. The van der Waals surface area contributed by atoms with Crippen molar-refractivity contribution in [1.29, 1.82) is 0 Å². The summed E-state index contributed by atoms with van der Waals surface area (Å²) in [5, 5.41) is 0. The minimum Gasteiger partial charge on any atom is -0.353 e. The highest BCUT2D eigenvalue weighted by Gasteiger charge is 1.89. The highest BCUT2D eigenvalue weighted by molar-refractivity contribution is 7.98.